The summed E-state index contributed by atoms with van der Waals surface area (Å²) in [7, 11) is -4.02. The van der Waals surface area contributed by atoms with Crippen LogP contribution in [0.3, 0.4) is 0 Å². The van der Waals surface area contributed by atoms with Gasteiger partial charge in [-0.2, -0.15) is 22.7 Å². The molecule has 1 aromatic carbocycles. The van der Waals surface area contributed by atoms with E-state index in [0.717, 1.165) is 24.6 Å². The van der Waals surface area contributed by atoms with Gasteiger partial charge in [0.2, 0.25) is 10.0 Å². The number of benzene rings is 1. The molecule has 150 valence electrons. The van der Waals surface area contributed by atoms with Crippen LogP contribution in [0.25, 0.3) is 0 Å². The zero-order chi connectivity index (χ0) is 18.9. The molecule has 0 amide bonds. The SMILES string of the molecule is Cl.N#Cc1ccc(S(=O)(=O)N2CCC(NCC3CC3)CC2)cc1C(F)(F)F. The van der Waals surface area contributed by atoms with Crippen molar-refractivity contribution in [3.05, 3.63) is 29.3 Å². The fourth-order valence-electron chi connectivity index (χ4n) is 3.12. The molecule has 1 N–H and O–H groups in total. The van der Waals surface area contributed by atoms with Gasteiger partial charge in [-0.05, 0) is 56.3 Å². The summed E-state index contributed by atoms with van der Waals surface area (Å²) in [5.41, 5.74) is -1.80. The molecule has 2 aliphatic rings. The van der Waals surface area contributed by atoms with Crippen molar-refractivity contribution in [1.82, 2.24) is 9.62 Å². The van der Waals surface area contributed by atoms with Gasteiger partial charge in [-0.15, -0.1) is 12.4 Å². The molecule has 0 bridgehead atoms. The fraction of sp³-hybridized carbons (Fsp3) is 0.588. The van der Waals surface area contributed by atoms with Gasteiger partial charge < -0.3 is 5.32 Å². The Kier molecular flexibility index (Phi) is 6.79. The highest BCUT2D eigenvalue weighted by Gasteiger charge is 2.36. The molecule has 1 heterocycles. The average molecular weight is 424 g/mol. The lowest BCUT2D eigenvalue weighted by atomic mass is 10.1. The second kappa shape index (κ2) is 8.35. The number of hydrogen-bond acceptors (Lipinski definition) is 4. The Morgan fingerprint density at radius 3 is 2.33 bits per heavy atom. The monoisotopic (exact) mass is 423 g/mol. The number of nitrogens with one attached hydrogen (secondary N) is 1. The highest BCUT2D eigenvalue weighted by atomic mass is 35.5. The molecule has 0 unspecified atom stereocenters. The Hall–Kier alpha value is -1.34. The lowest BCUT2D eigenvalue weighted by Crippen LogP contribution is -2.45. The summed E-state index contributed by atoms with van der Waals surface area (Å²) in [5.74, 6) is 0.733. The van der Waals surface area contributed by atoms with E-state index < -0.39 is 32.2 Å². The molecule has 1 aromatic rings. The first-order valence-electron chi connectivity index (χ1n) is 8.56. The summed E-state index contributed by atoms with van der Waals surface area (Å²) in [6.07, 6.45) is -1.04. The first-order valence-corrected chi connectivity index (χ1v) is 10.0. The van der Waals surface area contributed by atoms with E-state index in [0.29, 0.717) is 18.9 Å². The Morgan fingerprint density at radius 1 is 1.19 bits per heavy atom. The second-order valence-electron chi connectivity index (χ2n) is 6.85. The summed E-state index contributed by atoms with van der Waals surface area (Å²) in [4.78, 5) is -0.423. The summed E-state index contributed by atoms with van der Waals surface area (Å²) < 4.78 is 65.9. The van der Waals surface area contributed by atoms with E-state index in [1.807, 2.05) is 0 Å². The van der Waals surface area contributed by atoms with E-state index >= 15 is 0 Å². The number of sulfonamides is 1. The van der Waals surface area contributed by atoms with E-state index in [2.05, 4.69) is 5.32 Å². The Balaban J connectivity index is 0.00000261. The van der Waals surface area contributed by atoms with Crippen molar-refractivity contribution >= 4 is 22.4 Å². The molecule has 27 heavy (non-hydrogen) atoms. The number of rotatable bonds is 5. The number of alkyl halides is 3. The van der Waals surface area contributed by atoms with Crippen LogP contribution in [0.15, 0.2) is 23.1 Å². The van der Waals surface area contributed by atoms with Crippen LogP contribution < -0.4 is 5.32 Å². The lowest BCUT2D eigenvalue weighted by molar-refractivity contribution is -0.137. The van der Waals surface area contributed by atoms with Gasteiger partial charge in [0, 0.05) is 19.1 Å². The molecule has 3 rings (SSSR count). The smallest absolute Gasteiger partial charge is 0.314 e. The zero-order valence-electron chi connectivity index (χ0n) is 14.5. The van der Waals surface area contributed by atoms with Gasteiger partial charge in [0.25, 0.3) is 0 Å². The molecule has 2 fully saturated rings. The zero-order valence-corrected chi connectivity index (χ0v) is 16.1. The first kappa shape index (κ1) is 22.0. The third-order valence-corrected chi connectivity index (χ3v) is 6.80. The molecule has 5 nitrogen and oxygen atoms in total. The average Bonchev–Trinajstić information content (AvgIpc) is 3.43. The Bertz CT molecular complexity index is 812. The Labute approximate surface area is 163 Å². The normalized spacial score (nSPS) is 19.3. The molecule has 0 radical (unpaired) electrons. The van der Waals surface area contributed by atoms with Gasteiger partial charge in [0.1, 0.15) is 0 Å². The third-order valence-electron chi connectivity index (χ3n) is 4.90. The molecule has 1 aliphatic carbocycles. The fourth-order valence-corrected chi connectivity index (χ4v) is 4.62. The molecular weight excluding hydrogens is 403 g/mol. The van der Waals surface area contributed by atoms with Crippen LogP contribution in [0.1, 0.15) is 36.8 Å². The first-order chi connectivity index (χ1) is 12.2. The molecule has 0 spiro atoms. The maximum Gasteiger partial charge on any atom is 0.417 e. The van der Waals surface area contributed by atoms with Crippen molar-refractivity contribution in [2.75, 3.05) is 19.6 Å². The summed E-state index contributed by atoms with van der Waals surface area (Å²) in [6, 6.07) is 4.25. The van der Waals surface area contributed by atoms with Crippen molar-refractivity contribution in [1.29, 1.82) is 5.26 Å². The molecule has 0 aromatic heterocycles. The minimum atomic E-state index is -4.78. The van der Waals surface area contributed by atoms with Crippen molar-refractivity contribution in [2.45, 2.75) is 42.8 Å². The Morgan fingerprint density at radius 2 is 1.81 bits per heavy atom. The number of piperidine rings is 1. The van der Waals surface area contributed by atoms with Crippen molar-refractivity contribution < 1.29 is 21.6 Å². The number of hydrogen-bond donors (Lipinski definition) is 1. The summed E-state index contributed by atoms with van der Waals surface area (Å²) in [6.45, 7) is 1.49. The van der Waals surface area contributed by atoms with Crippen molar-refractivity contribution in [3.8, 4) is 6.07 Å². The molecular formula is C17H21ClF3N3O2S. The highest BCUT2D eigenvalue weighted by molar-refractivity contribution is 7.89. The number of nitrogens with zero attached hydrogens (tertiary/aromatic N) is 2. The maximum atomic E-state index is 13.1. The largest absolute Gasteiger partial charge is 0.417 e. The van der Waals surface area contributed by atoms with Crippen LogP contribution in [0.2, 0.25) is 0 Å². The van der Waals surface area contributed by atoms with Crippen LogP contribution in [-0.2, 0) is 16.2 Å². The lowest BCUT2D eigenvalue weighted by Gasteiger charge is -2.32. The standard InChI is InChI=1S/C17H20F3N3O2S.ClH/c18-17(19,20)16-9-15(4-3-13(16)10-21)26(24,25)23-7-5-14(6-8-23)22-11-12-1-2-12;/h3-4,9,12,14,22H,1-2,5-8,11H2;1H. The van der Waals surface area contributed by atoms with Crippen LogP contribution >= 0.6 is 12.4 Å². The van der Waals surface area contributed by atoms with E-state index in [9.17, 15) is 21.6 Å². The predicted molar refractivity (Wildman–Crippen MR) is 95.9 cm³/mol. The van der Waals surface area contributed by atoms with E-state index in [4.69, 9.17) is 5.26 Å². The molecule has 1 saturated carbocycles. The van der Waals surface area contributed by atoms with E-state index in [1.165, 1.54) is 23.2 Å². The molecule has 0 atom stereocenters. The van der Waals surface area contributed by atoms with Crippen molar-refractivity contribution in [2.24, 2.45) is 5.92 Å². The number of halogens is 4. The van der Waals surface area contributed by atoms with Crippen LogP contribution in [0.4, 0.5) is 13.2 Å². The van der Waals surface area contributed by atoms with Gasteiger partial charge in [-0.3, -0.25) is 0 Å². The van der Waals surface area contributed by atoms with Gasteiger partial charge in [-0.1, -0.05) is 0 Å². The van der Waals surface area contributed by atoms with Gasteiger partial charge >= 0.3 is 6.18 Å². The van der Waals surface area contributed by atoms with Crippen LogP contribution in [0.5, 0.6) is 0 Å². The third kappa shape index (κ3) is 5.13. The topological polar surface area (TPSA) is 73.2 Å². The minimum Gasteiger partial charge on any atom is -0.314 e. The van der Waals surface area contributed by atoms with Crippen molar-refractivity contribution in [3.63, 3.8) is 0 Å². The maximum absolute atomic E-state index is 13.1. The van der Waals surface area contributed by atoms with Gasteiger partial charge in [-0.25, -0.2) is 8.42 Å². The summed E-state index contributed by atoms with van der Waals surface area (Å²) >= 11 is 0. The molecule has 1 saturated heterocycles. The van der Waals surface area contributed by atoms with Gasteiger partial charge in [0.15, 0.2) is 0 Å². The summed E-state index contributed by atoms with van der Waals surface area (Å²) in [5, 5.41) is 12.3. The highest BCUT2D eigenvalue weighted by Crippen LogP contribution is 2.34. The van der Waals surface area contributed by atoms with Gasteiger partial charge in [0.05, 0.1) is 22.1 Å². The van der Waals surface area contributed by atoms with Crippen LogP contribution in [0, 0.1) is 17.2 Å². The predicted octanol–water partition coefficient (Wildman–Crippen LogP) is 3.15. The van der Waals surface area contributed by atoms with E-state index in [-0.39, 0.29) is 31.5 Å². The number of nitriles is 1. The molecule has 10 heteroatoms. The minimum absolute atomic E-state index is 0. The quantitative estimate of drug-likeness (QED) is 0.789. The second-order valence-corrected chi connectivity index (χ2v) is 8.78. The van der Waals surface area contributed by atoms with Crippen LogP contribution in [-0.4, -0.2) is 38.4 Å². The van der Waals surface area contributed by atoms with E-state index in [1.54, 1.807) is 0 Å². The molecule has 1 aliphatic heterocycles.